The summed E-state index contributed by atoms with van der Waals surface area (Å²) in [7, 11) is 0. The first kappa shape index (κ1) is 27.9. The van der Waals surface area contributed by atoms with Crippen LogP contribution in [0, 0.1) is 0 Å². The Morgan fingerprint density at radius 2 is 1.00 bits per heavy atom. The van der Waals surface area contributed by atoms with Crippen LogP contribution in [0.4, 0.5) is 17.1 Å². The Hall–Kier alpha value is -6.16. The lowest BCUT2D eigenvalue weighted by molar-refractivity contribution is 1.18. The zero-order valence-corrected chi connectivity index (χ0v) is 27.4. The van der Waals surface area contributed by atoms with Crippen LogP contribution in [0.25, 0.3) is 69.6 Å². The van der Waals surface area contributed by atoms with Crippen molar-refractivity contribution in [1.82, 2.24) is 4.57 Å². The Morgan fingerprint density at radius 3 is 1.78 bits per heavy atom. The second-order valence-electron chi connectivity index (χ2n) is 12.6. The lowest BCUT2D eigenvalue weighted by Gasteiger charge is -2.26. The predicted octanol–water partition coefficient (Wildman–Crippen LogP) is 13.4. The van der Waals surface area contributed by atoms with Gasteiger partial charge >= 0.3 is 0 Å². The molecule has 0 saturated carbocycles. The minimum Gasteiger partial charge on any atom is -0.309 e. The molecule has 0 amide bonds. The predicted molar refractivity (Wildman–Crippen MR) is 211 cm³/mol. The van der Waals surface area contributed by atoms with E-state index in [9.17, 15) is 0 Å². The summed E-state index contributed by atoms with van der Waals surface area (Å²) in [4.78, 5) is 2.40. The van der Waals surface area contributed by atoms with E-state index in [4.69, 9.17) is 0 Å². The zero-order chi connectivity index (χ0) is 32.3. The van der Waals surface area contributed by atoms with Crippen molar-refractivity contribution in [1.29, 1.82) is 0 Å². The molecule has 0 bridgehead atoms. The van der Waals surface area contributed by atoms with Crippen LogP contribution in [-0.2, 0) is 0 Å². The second kappa shape index (κ2) is 11.2. The number of aromatic nitrogens is 1. The van der Waals surface area contributed by atoms with Gasteiger partial charge in [-0.15, -0.1) is 11.3 Å². The first-order valence-electron chi connectivity index (χ1n) is 16.7. The summed E-state index contributed by atoms with van der Waals surface area (Å²) in [5.41, 5.74) is 9.43. The lowest BCUT2D eigenvalue weighted by Crippen LogP contribution is -2.09. The van der Waals surface area contributed by atoms with Crippen LogP contribution in [-0.4, -0.2) is 4.57 Å². The number of para-hydroxylation sites is 3. The summed E-state index contributed by atoms with van der Waals surface area (Å²) < 4.78 is 5.02. The molecule has 0 spiro atoms. The van der Waals surface area contributed by atoms with Gasteiger partial charge < -0.3 is 9.47 Å². The Balaban J connectivity index is 1.09. The van der Waals surface area contributed by atoms with Crippen molar-refractivity contribution in [3.63, 3.8) is 0 Å². The zero-order valence-electron chi connectivity index (χ0n) is 26.6. The molecule has 3 heteroatoms. The minimum absolute atomic E-state index is 1.13. The normalized spacial score (nSPS) is 11.7. The van der Waals surface area contributed by atoms with Crippen LogP contribution in [0.3, 0.4) is 0 Å². The van der Waals surface area contributed by atoms with Crippen molar-refractivity contribution in [2.75, 3.05) is 4.90 Å². The molecular formula is C46H30N2S. The first-order valence-corrected chi connectivity index (χ1v) is 17.5. The van der Waals surface area contributed by atoms with E-state index in [0.717, 1.165) is 17.1 Å². The monoisotopic (exact) mass is 642 g/mol. The third kappa shape index (κ3) is 4.47. The molecule has 230 valence electrons. The molecule has 0 atom stereocenters. The molecule has 10 aromatic rings. The molecule has 0 N–H and O–H groups in total. The number of benzene rings is 8. The number of nitrogens with zero attached hydrogens (tertiary/aromatic N) is 2. The quantitative estimate of drug-likeness (QED) is 0.181. The number of thiophene rings is 1. The van der Waals surface area contributed by atoms with Gasteiger partial charge in [0.1, 0.15) is 0 Å². The average molecular weight is 643 g/mol. The van der Waals surface area contributed by atoms with Gasteiger partial charge in [-0.25, -0.2) is 0 Å². The van der Waals surface area contributed by atoms with Crippen LogP contribution < -0.4 is 4.90 Å². The van der Waals surface area contributed by atoms with E-state index in [0.29, 0.717) is 0 Å². The SMILES string of the molecule is c1ccc(N(c2ccc(-c3cccc(-n4c5ccccc5c5ccccc54)c3)cc2)c2cccc3c2sc2c4ccccc4ccc32)cc1. The molecule has 0 aliphatic rings. The van der Waals surface area contributed by atoms with Crippen LogP contribution in [0.1, 0.15) is 0 Å². The molecule has 2 aromatic heterocycles. The lowest BCUT2D eigenvalue weighted by atomic mass is 10.0. The molecule has 0 unspecified atom stereocenters. The van der Waals surface area contributed by atoms with E-state index in [1.54, 1.807) is 0 Å². The van der Waals surface area contributed by atoms with Gasteiger partial charge in [0, 0.05) is 43.3 Å². The van der Waals surface area contributed by atoms with E-state index >= 15 is 0 Å². The molecule has 0 radical (unpaired) electrons. The van der Waals surface area contributed by atoms with E-state index in [2.05, 4.69) is 191 Å². The molecule has 0 aliphatic heterocycles. The highest BCUT2D eigenvalue weighted by Crippen LogP contribution is 2.46. The van der Waals surface area contributed by atoms with Gasteiger partial charge in [0.15, 0.2) is 0 Å². The number of fused-ring (bicyclic) bond motifs is 8. The van der Waals surface area contributed by atoms with Crippen LogP contribution in [0.5, 0.6) is 0 Å². The number of rotatable bonds is 5. The molecule has 10 rings (SSSR count). The van der Waals surface area contributed by atoms with Gasteiger partial charge in [-0.2, -0.15) is 0 Å². The average Bonchev–Trinajstić information content (AvgIpc) is 3.73. The molecule has 0 fully saturated rings. The summed E-state index contributed by atoms with van der Waals surface area (Å²) in [6, 6.07) is 66.0. The molecule has 0 aliphatic carbocycles. The van der Waals surface area contributed by atoms with Crippen LogP contribution in [0.2, 0.25) is 0 Å². The fourth-order valence-corrected chi connectivity index (χ4v) is 8.86. The highest BCUT2D eigenvalue weighted by molar-refractivity contribution is 7.27. The van der Waals surface area contributed by atoms with Gasteiger partial charge in [0.05, 0.1) is 21.4 Å². The molecule has 49 heavy (non-hydrogen) atoms. The fraction of sp³-hybridized carbons (Fsp3) is 0. The number of hydrogen-bond donors (Lipinski definition) is 0. The Labute approximate surface area is 288 Å². The molecule has 2 nitrogen and oxygen atoms in total. The summed E-state index contributed by atoms with van der Waals surface area (Å²) in [6.45, 7) is 0. The maximum atomic E-state index is 2.40. The number of anilines is 3. The van der Waals surface area contributed by atoms with Crippen molar-refractivity contribution in [3.8, 4) is 16.8 Å². The summed E-state index contributed by atoms with van der Waals surface area (Å²) in [5.74, 6) is 0. The van der Waals surface area contributed by atoms with Gasteiger partial charge in [-0.3, -0.25) is 0 Å². The van der Waals surface area contributed by atoms with Crippen LogP contribution in [0.15, 0.2) is 182 Å². The fourth-order valence-electron chi connectivity index (χ4n) is 7.52. The van der Waals surface area contributed by atoms with Crippen LogP contribution >= 0.6 is 11.3 Å². The van der Waals surface area contributed by atoms with E-state index in [1.807, 2.05) is 11.3 Å². The largest absolute Gasteiger partial charge is 0.309 e. The summed E-state index contributed by atoms with van der Waals surface area (Å²) in [5, 5.41) is 7.74. The molecule has 8 aromatic carbocycles. The maximum absolute atomic E-state index is 2.40. The number of hydrogen-bond acceptors (Lipinski definition) is 2. The van der Waals surface area contributed by atoms with Gasteiger partial charge in [0.25, 0.3) is 0 Å². The van der Waals surface area contributed by atoms with Crippen molar-refractivity contribution >= 4 is 81.1 Å². The highest BCUT2D eigenvalue weighted by Gasteiger charge is 2.19. The minimum atomic E-state index is 1.13. The van der Waals surface area contributed by atoms with Gasteiger partial charge in [-0.05, 0) is 76.5 Å². The second-order valence-corrected chi connectivity index (χ2v) is 13.6. The Morgan fingerprint density at radius 1 is 0.388 bits per heavy atom. The Bertz CT molecular complexity index is 2770. The highest BCUT2D eigenvalue weighted by atomic mass is 32.1. The maximum Gasteiger partial charge on any atom is 0.0640 e. The third-order valence-electron chi connectivity index (χ3n) is 9.77. The van der Waals surface area contributed by atoms with E-state index < -0.39 is 0 Å². The third-order valence-corrected chi connectivity index (χ3v) is 11.0. The summed E-state index contributed by atoms with van der Waals surface area (Å²) in [6.07, 6.45) is 0. The molecular weight excluding hydrogens is 613 g/mol. The van der Waals surface area contributed by atoms with E-state index in [-0.39, 0.29) is 0 Å². The Kier molecular flexibility index (Phi) is 6.39. The van der Waals surface area contributed by atoms with Crippen molar-refractivity contribution < 1.29 is 0 Å². The smallest absolute Gasteiger partial charge is 0.0640 e. The topological polar surface area (TPSA) is 8.17 Å². The molecule has 0 saturated heterocycles. The van der Waals surface area contributed by atoms with Crippen molar-refractivity contribution in [2.45, 2.75) is 0 Å². The summed E-state index contributed by atoms with van der Waals surface area (Å²) >= 11 is 1.89. The molecule has 2 heterocycles. The van der Waals surface area contributed by atoms with Crippen molar-refractivity contribution in [3.05, 3.63) is 182 Å². The van der Waals surface area contributed by atoms with E-state index in [1.165, 1.54) is 69.6 Å². The van der Waals surface area contributed by atoms with Crippen molar-refractivity contribution in [2.24, 2.45) is 0 Å². The first-order chi connectivity index (χ1) is 24.3. The standard InChI is InChI=1S/C46H30N2S/c1-2-14-34(15-3-1)47(44-23-11-20-40-41-29-26-32-12-4-5-17-37(32)45(41)49-46(40)44)35-27-24-31(25-28-35)33-13-10-16-36(30-33)48-42-21-8-6-18-38(42)39-19-7-9-22-43(39)48/h1-30H. The van der Waals surface area contributed by atoms with Gasteiger partial charge in [-0.1, -0.05) is 127 Å². The van der Waals surface area contributed by atoms with Gasteiger partial charge in [0.2, 0.25) is 0 Å².